The number of hydrogen-bond donors (Lipinski definition) is 2. The number of nitrogens with one attached hydrogen (secondary N) is 1. The molecule has 0 radical (unpaired) electrons. The van der Waals surface area contributed by atoms with Crippen molar-refractivity contribution in [2.75, 3.05) is 6.54 Å². The number of alkyl carbamates (subject to hydrolysis) is 1. The number of carbonyl (C=O) groups is 3. The van der Waals surface area contributed by atoms with E-state index in [2.05, 4.69) is 5.32 Å². The molecule has 1 heterocycles. The van der Waals surface area contributed by atoms with Crippen LogP contribution in [0.2, 0.25) is 0 Å². The van der Waals surface area contributed by atoms with Crippen LogP contribution in [0.15, 0.2) is 30.3 Å². The number of carbonyl (C=O) groups excluding carboxylic acids is 2. The Morgan fingerprint density at radius 1 is 1.32 bits per heavy atom. The second-order valence-electron chi connectivity index (χ2n) is 6.37. The van der Waals surface area contributed by atoms with Crippen molar-refractivity contribution < 1.29 is 28.7 Å². The Bertz CT molecular complexity index is 634. The summed E-state index contributed by atoms with van der Waals surface area (Å²) in [5.41, 5.74) is 0.833. The number of ether oxygens (including phenoxy) is 1. The minimum atomic E-state index is -1.16. The molecule has 1 aliphatic rings. The summed E-state index contributed by atoms with van der Waals surface area (Å²) in [6, 6.07) is 8.00. The van der Waals surface area contributed by atoms with E-state index in [0.717, 1.165) is 5.56 Å². The normalized spacial score (nSPS) is 23.7. The Hall–Kier alpha value is -2.41. The first-order valence-electron chi connectivity index (χ1n) is 8.54. The van der Waals surface area contributed by atoms with Crippen molar-refractivity contribution in [1.82, 2.24) is 5.32 Å². The summed E-state index contributed by atoms with van der Waals surface area (Å²) in [5.74, 6) is -0.489. The topological polar surface area (TPSA) is 92.7 Å². The van der Waals surface area contributed by atoms with Gasteiger partial charge in [0, 0.05) is 12.8 Å². The summed E-state index contributed by atoms with van der Waals surface area (Å²) < 4.78 is 4.51. The first-order chi connectivity index (χ1) is 11.9. The van der Waals surface area contributed by atoms with E-state index in [0.29, 0.717) is 19.3 Å². The lowest BCUT2D eigenvalue weighted by atomic mass is 10.1. The summed E-state index contributed by atoms with van der Waals surface area (Å²) in [4.78, 5) is 36.7. The van der Waals surface area contributed by atoms with Gasteiger partial charge in [-0.1, -0.05) is 37.3 Å². The molecule has 1 unspecified atom stereocenters. The van der Waals surface area contributed by atoms with Crippen molar-refractivity contribution >= 4 is 18.1 Å². The Labute approximate surface area is 147 Å². The zero-order valence-corrected chi connectivity index (χ0v) is 14.6. The van der Waals surface area contributed by atoms with Gasteiger partial charge in [-0.05, 0) is 18.9 Å². The molecule has 3 amide bonds. The zero-order chi connectivity index (χ0) is 18.4. The molecular weight excluding hydrogens is 324 g/mol. The van der Waals surface area contributed by atoms with E-state index in [1.165, 1.54) is 0 Å². The monoisotopic (exact) mass is 349 g/mol. The van der Waals surface area contributed by atoms with Crippen molar-refractivity contribution in [2.45, 2.75) is 51.8 Å². The number of nitrogens with zero attached hydrogens (tertiary/aromatic N) is 1. The second-order valence-corrected chi connectivity index (χ2v) is 6.37. The molecule has 1 saturated heterocycles. The van der Waals surface area contributed by atoms with Crippen molar-refractivity contribution in [3.8, 4) is 0 Å². The fraction of sp³-hybridized carbons (Fsp3) is 0.500. The van der Waals surface area contributed by atoms with E-state index < -0.39 is 28.6 Å². The molecule has 0 aliphatic carbocycles. The van der Waals surface area contributed by atoms with Crippen LogP contribution in [-0.2, 0) is 16.1 Å². The number of benzene rings is 1. The fourth-order valence-corrected chi connectivity index (χ4v) is 3.31. The third-order valence-electron chi connectivity index (χ3n) is 4.83. The summed E-state index contributed by atoms with van der Waals surface area (Å²) in [5, 5.41) is 12.2. The van der Waals surface area contributed by atoms with E-state index in [1.807, 2.05) is 30.3 Å². The van der Waals surface area contributed by atoms with Crippen LogP contribution in [0.4, 0.5) is 9.59 Å². The predicted octanol–water partition coefficient (Wildman–Crippen LogP) is 2.90. The third kappa shape index (κ3) is 3.99. The third-order valence-corrected chi connectivity index (χ3v) is 4.83. The quantitative estimate of drug-likeness (QED) is 0.797. The first-order valence-corrected chi connectivity index (χ1v) is 8.54. The molecule has 0 spiro atoms. The molecule has 1 aromatic rings. The first kappa shape index (κ1) is 18.9. The molecule has 0 aromatic heterocycles. The maximum atomic E-state index is 12.9. The van der Waals surface area contributed by atoms with E-state index in [9.17, 15) is 19.5 Å². The average molecular weight is 349 g/mol. The highest BCUT2D eigenvalue weighted by Crippen LogP contribution is 2.29. The molecule has 1 aliphatic heterocycles. The highest BCUT2D eigenvalue weighted by atomic mass is 16.5. The number of quaternary nitrogens is 1. The summed E-state index contributed by atoms with van der Waals surface area (Å²) in [6.07, 6.45) is -0.229. The van der Waals surface area contributed by atoms with Gasteiger partial charge in [-0.3, -0.25) is 0 Å². The van der Waals surface area contributed by atoms with E-state index in [-0.39, 0.29) is 19.2 Å². The maximum absolute atomic E-state index is 12.9. The number of carboxylic acid groups (broad SMARTS) is 1. The van der Waals surface area contributed by atoms with Crippen LogP contribution in [0.25, 0.3) is 0 Å². The predicted molar refractivity (Wildman–Crippen MR) is 90.7 cm³/mol. The lowest BCUT2D eigenvalue weighted by Gasteiger charge is -2.32. The zero-order valence-electron chi connectivity index (χ0n) is 14.6. The summed E-state index contributed by atoms with van der Waals surface area (Å²) >= 11 is 0. The van der Waals surface area contributed by atoms with Gasteiger partial charge in [0.1, 0.15) is 18.7 Å². The van der Waals surface area contributed by atoms with E-state index >= 15 is 0 Å². The van der Waals surface area contributed by atoms with Gasteiger partial charge in [-0.2, -0.15) is 9.28 Å². The molecule has 25 heavy (non-hydrogen) atoms. The van der Waals surface area contributed by atoms with E-state index in [4.69, 9.17) is 4.74 Å². The van der Waals surface area contributed by atoms with Gasteiger partial charge in [0.25, 0.3) is 0 Å². The minimum absolute atomic E-state index is 0.0899. The van der Waals surface area contributed by atoms with Gasteiger partial charge < -0.3 is 15.2 Å². The van der Waals surface area contributed by atoms with Crippen LogP contribution in [0.5, 0.6) is 0 Å². The number of amides is 3. The number of hydrogen-bond acceptors (Lipinski definition) is 4. The van der Waals surface area contributed by atoms with Crippen molar-refractivity contribution in [3.05, 3.63) is 35.9 Å². The number of likely N-dealkylation sites (tertiary alicyclic amines) is 1. The van der Waals surface area contributed by atoms with Crippen LogP contribution in [0.3, 0.4) is 0 Å². The molecule has 2 N–H and O–H groups in total. The van der Waals surface area contributed by atoms with Crippen LogP contribution >= 0.6 is 0 Å². The van der Waals surface area contributed by atoms with Crippen LogP contribution in [0, 0.1) is 0 Å². The van der Waals surface area contributed by atoms with Crippen LogP contribution in [-0.4, -0.2) is 46.3 Å². The van der Waals surface area contributed by atoms with Crippen molar-refractivity contribution in [3.63, 3.8) is 0 Å². The molecule has 3 atom stereocenters. The Balaban J connectivity index is 2.02. The maximum Gasteiger partial charge on any atom is 0.521 e. The number of imide groups is 1. The molecule has 136 valence electrons. The second kappa shape index (κ2) is 8.11. The molecule has 2 rings (SSSR count). The van der Waals surface area contributed by atoms with Gasteiger partial charge in [-0.25, -0.2) is 9.59 Å². The fourth-order valence-electron chi connectivity index (χ4n) is 3.31. The van der Waals surface area contributed by atoms with Gasteiger partial charge in [-0.15, -0.1) is 0 Å². The summed E-state index contributed by atoms with van der Waals surface area (Å²) in [7, 11) is 0. The molecule has 0 saturated carbocycles. The van der Waals surface area contributed by atoms with Gasteiger partial charge in [0.15, 0.2) is 0 Å². The van der Waals surface area contributed by atoms with Gasteiger partial charge >= 0.3 is 18.1 Å². The molecule has 1 aromatic carbocycles. The highest BCUT2D eigenvalue weighted by molar-refractivity contribution is 5.87. The van der Waals surface area contributed by atoms with Crippen molar-refractivity contribution in [1.29, 1.82) is 0 Å². The standard InChI is InChI=1S/C18H24N2O5/c1-3-15(16(21)20(18(23)24)11-7-8-13(20)2)19-17(22)25-12-14-9-5-4-6-10-14/h4-6,9-10,13,15H,3,7-8,11-12H2,1-2H3,(H-,19,22,23,24)/p+1/t13-,15+,20?/m1/s1. The van der Waals surface area contributed by atoms with E-state index in [1.54, 1.807) is 13.8 Å². The largest absolute Gasteiger partial charge is 0.521 e. The molecule has 0 bridgehead atoms. The lowest BCUT2D eigenvalue weighted by molar-refractivity contribution is -0.793. The van der Waals surface area contributed by atoms with Crippen LogP contribution < -0.4 is 5.32 Å². The summed E-state index contributed by atoms with van der Waals surface area (Å²) in [6.45, 7) is 3.85. The average Bonchev–Trinajstić information content (AvgIpc) is 3.00. The number of rotatable bonds is 5. The molecular formula is C18H25N2O5+. The van der Waals surface area contributed by atoms with Crippen molar-refractivity contribution in [2.24, 2.45) is 0 Å². The SMILES string of the molecule is CC[C@H](NC(=O)OCc1ccccc1)C(=O)[N+]1(C(=O)O)CCC[C@H]1C. The Morgan fingerprint density at radius 3 is 2.52 bits per heavy atom. The smallest absolute Gasteiger partial charge is 0.445 e. The lowest BCUT2D eigenvalue weighted by Crippen LogP contribution is -2.64. The minimum Gasteiger partial charge on any atom is -0.445 e. The Morgan fingerprint density at radius 2 is 2.00 bits per heavy atom. The van der Waals surface area contributed by atoms with Crippen LogP contribution in [0.1, 0.15) is 38.7 Å². The van der Waals surface area contributed by atoms with Gasteiger partial charge in [0.2, 0.25) is 0 Å². The molecule has 7 heteroatoms. The van der Waals surface area contributed by atoms with Gasteiger partial charge in [0.05, 0.1) is 6.54 Å². The molecule has 7 nitrogen and oxygen atoms in total. The Kier molecular flexibility index (Phi) is 6.14. The molecule has 1 fully saturated rings. The highest BCUT2D eigenvalue weighted by Gasteiger charge is 2.55.